The van der Waals surface area contributed by atoms with Crippen LogP contribution in [0.4, 0.5) is 0 Å². The average Bonchev–Trinajstić information content (AvgIpc) is 2.59. The van der Waals surface area contributed by atoms with Gasteiger partial charge < -0.3 is 10.7 Å². The maximum atomic E-state index is 5.71. The van der Waals surface area contributed by atoms with Gasteiger partial charge in [-0.15, -0.1) is 0 Å². The molecule has 1 saturated carbocycles. The molecule has 3 nitrogen and oxygen atoms in total. The van der Waals surface area contributed by atoms with Crippen LogP contribution < -0.4 is 5.73 Å². The van der Waals surface area contributed by atoms with Gasteiger partial charge in [0.2, 0.25) is 0 Å². The Morgan fingerprint density at radius 2 is 2.42 bits per heavy atom. The molecule has 0 bridgehead atoms. The highest BCUT2D eigenvalue weighted by atomic mass is 15.0. The first kappa shape index (κ1) is 7.80. The van der Waals surface area contributed by atoms with E-state index in [2.05, 4.69) is 16.9 Å². The standard InChI is InChI=1S/C9H15N3/c1-5-3-7(5)9-11-4-8(12-9)6(2)10/h4-7H,3,10H2,1-2H3,(H,11,12). The Labute approximate surface area is 72.4 Å². The first-order valence-corrected chi connectivity index (χ1v) is 4.49. The molecule has 1 aromatic heterocycles. The first-order valence-electron chi connectivity index (χ1n) is 4.49. The van der Waals surface area contributed by atoms with Gasteiger partial charge in [-0.25, -0.2) is 4.98 Å². The third-order valence-corrected chi connectivity index (χ3v) is 2.57. The lowest BCUT2D eigenvalue weighted by Crippen LogP contribution is -2.05. The Kier molecular flexibility index (Phi) is 1.68. The SMILES string of the molecule is CC(N)c1cnc(C2CC2C)[nH]1. The Balaban J connectivity index is 2.14. The van der Waals surface area contributed by atoms with Crippen LogP contribution >= 0.6 is 0 Å². The van der Waals surface area contributed by atoms with Crippen molar-refractivity contribution in [3.8, 4) is 0 Å². The van der Waals surface area contributed by atoms with E-state index in [0.29, 0.717) is 5.92 Å². The van der Waals surface area contributed by atoms with Crippen LogP contribution in [0.2, 0.25) is 0 Å². The molecule has 3 unspecified atom stereocenters. The molecule has 2 rings (SSSR count). The number of nitrogens with zero attached hydrogens (tertiary/aromatic N) is 1. The number of H-pyrrole nitrogens is 1. The smallest absolute Gasteiger partial charge is 0.109 e. The zero-order chi connectivity index (χ0) is 8.72. The van der Waals surface area contributed by atoms with Gasteiger partial charge >= 0.3 is 0 Å². The molecule has 0 amide bonds. The van der Waals surface area contributed by atoms with E-state index in [0.717, 1.165) is 17.4 Å². The van der Waals surface area contributed by atoms with E-state index in [1.807, 2.05) is 13.1 Å². The monoisotopic (exact) mass is 165 g/mol. The average molecular weight is 165 g/mol. The highest BCUT2D eigenvalue weighted by Crippen LogP contribution is 2.45. The van der Waals surface area contributed by atoms with Crippen LogP contribution in [0, 0.1) is 5.92 Å². The molecule has 3 atom stereocenters. The molecule has 1 aromatic rings. The van der Waals surface area contributed by atoms with Gasteiger partial charge in [0.25, 0.3) is 0 Å². The molecule has 0 spiro atoms. The van der Waals surface area contributed by atoms with Gasteiger partial charge in [-0.05, 0) is 19.3 Å². The summed E-state index contributed by atoms with van der Waals surface area (Å²) < 4.78 is 0. The van der Waals surface area contributed by atoms with Crippen molar-refractivity contribution in [2.24, 2.45) is 11.7 Å². The third-order valence-electron chi connectivity index (χ3n) is 2.57. The Morgan fingerprint density at radius 1 is 1.75 bits per heavy atom. The van der Waals surface area contributed by atoms with Crippen molar-refractivity contribution in [2.45, 2.75) is 32.2 Å². The Hall–Kier alpha value is -0.830. The van der Waals surface area contributed by atoms with Crippen molar-refractivity contribution < 1.29 is 0 Å². The Bertz CT molecular complexity index is 277. The van der Waals surface area contributed by atoms with Gasteiger partial charge in [0, 0.05) is 18.2 Å². The molecule has 1 aliphatic carbocycles. The van der Waals surface area contributed by atoms with Crippen LogP contribution in [0.3, 0.4) is 0 Å². The summed E-state index contributed by atoms with van der Waals surface area (Å²) in [7, 11) is 0. The van der Waals surface area contributed by atoms with Crippen LogP contribution in [0.25, 0.3) is 0 Å². The third kappa shape index (κ3) is 1.25. The second kappa shape index (κ2) is 2.59. The lowest BCUT2D eigenvalue weighted by Gasteiger charge is -1.98. The summed E-state index contributed by atoms with van der Waals surface area (Å²) >= 11 is 0. The van der Waals surface area contributed by atoms with Gasteiger partial charge in [0.15, 0.2) is 0 Å². The van der Waals surface area contributed by atoms with Gasteiger partial charge in [0.05, 0.1) is 5.69 Å². The first-order chi connectivity index (χ1) is 5.68. The summed E-state index contributed by atoms with van der Waals surface area (Å²) in [5, 5.41) is 0. The number of rotatable bonds is 2. The minimum Gasteiger partial charge on any atom is -0.344 e. The number of aromatic amines is 1. The van der Waals surface area contributed by atoms with E-state index in [4.69, 9.17) is 5.73 Å². The minimum absolute atomic E-state index is 0.0697. The summed E-state index contributed by atoms with van der Waals surface area (Å²) in [6.07, 6.45) is 3.12. The van der Waals surface area contributed by atoms with Gasteiger partial charge in [-0.1, -0.05) is 6.92 Å². The second-order valence-corrected chi connectivity index (χ2v) is 3.83. The van der Waals surface area contributed by atoms with Crippen LogP contribution in [0.1, 0.15) is 43.7 Å². The molecule has 1 aliphatic rings. The molecular weight excluding hydrogens is 150 g/mol. The topological polar surface area (TPSA) is 54.7 Å². The van der Waals surface area contributed by atoms with E-state index in [-0.39, 0.29) is 6.04 Å². The molecule has 3 N–H and O–H groups in total. The predicted molar refractivity (Wildman–Crippen MR) is 47.7 cm³/mol. The molecule has 1 fully saturated rings. The molecule has 1 heterocycles. The normalized spacial score (nSPS) is 30.2. The van der Waals surface area contributed by atoms with Crippen LogP contribution in [-0.4, -0.2) is 9.97 Å². The highest BCUT2D eigenvalue weighted by molar-refractivity contribution is 5.14. The number of hydrogen-bond donors (Lipinski definition) is 2. The van der Waals surface area contributed by atoms with Crippen molar-refractivity contribution in [2.75, 3.05) is 0 Å². The fraction of sp³-hybridized carbons (Fsp3) is 0.667. The fourth-order valence-electron chi connectivity index (χ4n) is 1.47. The molecular formula is C9H15N3. The molecule has 0 aliphatic heterocycles. The van der Waals surface area contributed by atoms with Gasteiger partial charge in [-0.3, -0.25) is 0 Å². The molecule has 0 saturated heterocycles. The molecule has 66 valence electrons. The summed E-state index contributed by atoms with van der Waals surface area (Å²) in [6, 6.07) is 0.0697. The number of aromatic nitrogens is 2. The predicted octanol–water partition coefficient (Wildman–Crippen LogP) is 1.55. The van der Waals surface area contributed by atoms with Crippen LogP contribution in [0.5, 0.6) is 0 Å². The van der Waals surface area contributed by atoms with Gasteiger partial charge in [-0.2, -0.15) is 0 Å². The van der Waals surface area contributed by atoms with Crippen molar-refractivity contribution >= 4 is 0 Å². The second-order valence-electron chi connectivity index (χ2n) is 3.83. The number of imidazole rings is 1. The maximum Gasteiger partial charge on any atom is 0.109 e. The summed E-state index contributed by atoms with van der Waals surface area (Å²) in [5.74, 6) is 2.59. The van der Waals surface area contributed by atoms with E-state index < -0.39 is 0 Å². The van der Waals surface area contributed by atoms with E-state index in [1.54, 1.807) is 0 Å². The molecule has 0 radical (unpaired) electrons. The quantitative estimate of drug-likeness (QED) is 0.698. The summed E-state index contributed by atoms with van der Waals surface area (Å²) in [4.78, 5) is 7.58. The van der Waals surface area contributed by atoms with Crippen molar-refractivity contribution in [1.82, 2.24) is 9.97 Å². The largest absolute Gasteiger partial charge is 0.344 e. The number of nitrogens with one attached hydrogen (secondary N) is 1. The zero-order valence-corrected chi connectivity index (χ0v) is 7.54. The van der Waals surface area contributed by atoms with Crippen molar-refractivity contribution in [1.29, 1.82) is 0 Å². The molecule has 3 heteroatoms. The highest BCUT2D eigenvalue weighted by Gasteiger charge is 2.36. The fourth-order valence-corrected chi connectivity index (χ4v) is 1.47. The number of hydrogen-bond acceptors (Lipinski definition) is 2. The lowest BCUT2D eigenvalue weighted by atomic mass is 10.3. The van der Waals surface area contributed by atoms with E-state index >= 15 is 0 Å². The molecule has 0 aromatic carbocycles. The lowest BCUT2D eigenvalue weighted by molar-refractivity contribution is 0.776. The minimum atomic E-state index is 0.0697. The Morgan fingerprint density at radius 3 is 2.83 bits per heavy atom. The maximum absolute atomic E-state index is 5.71. The van der Waals surface area contributed by atoms with Crippen molar-refractivity contribution in [3.63, 3.8) is 0 Å². The summed E-state index contributed by atoms with van der Waals surface area (Å²) in [6.45, 7) is 4.21. The van der Waals surface area contributed by atoms with E-state index in [1.165, 1.54) is 6.42 Å². The van der Waals surface area contributed by atoms with Crippen LogP contribution in [-0.2, 0) is 0 Å². The summed E-state index contributed by atoms with van der Waals surface area (Å²) in [5.41, 5.74) is 6.76. The van der Waals surface area contributed by atoms with Crippen molar-refractivity contribution in [3.05, 3.63) is 17.7 Å². The zero-order valence-electron chi connectivity index (χ0n) is 7.54. The number of nitrogens with two attached hydrogens (primary N) is 1. The van der Waals surface area contributed by atoms with E-state index in [9.17, 15) is 0 Å². The van der Waals surface area contributed by atoms with Crippen LogP contribution in [0.15, 0.2) is 6.20 Å². The molecule has 12 heavy (non-hydrogen) atoms. The van der Waals surface area contributed by atoms with Gasteiger partial charge in [0.1, 0.15) is 5.82 Å².